The third kappa shape index (κ3) is 5.93. The van der Waals surface area contributed by atoms with Crippen LogP contribution in [-0.4, -0.2) is 47.0 Å². The van der Waals surface area contributed by atoms with Crippen molar-refractivity contribution < 1.29 is 14.3 Å². The molecule has 0 unspecified atom stereocenters. The van der Waals surface area contributed by atoms with Crippen LogP contribution in [0.1, 0.15) is 25.3 Å². The van der Waals surface area contributed by atoms with Crippen molar-refractivity contribution in [3.63, 3.8) is 0 Å². The number of aromatic nitrogens is 2. The molecule has 0 bridgehead atoms. The zero-order valence-corrected chi connectivity index (χ0v) is 16.9. The van der Waals surface area contributed by atoms with Crippen LogP contribution in [0.3, 0.4) is 0 Å². The van der Waals surface area contributed by atoms with E-state index >= 15 is 0 Å². The number of aryl methyl sites for hydroxylation is 1. The number of anilines is 1. The smallest absolute Gasteiger partial charge is 0.230 e. The molecule has 3 rings (SSSR count). The van der Waals surface area contributed by atoms with Crippen LogP contribution in [0.4, 0.5) is 5.13 Å². The van der Waals surface area contributed by atoms with Crippen LogP contribution < -0.4 is 15.0 Å². The molecular formula is C18H22N4O3S2. The predicted octanol–water partition coefficient (Wildman–Crippen LogP) is 2.65. The van der Waals surface area contributed by atoms with E-state index < -0.39 is 0 Å². The molecule has 1 saturated carbocycles. The summed E-state index contributed by atoms with van der Waals surface area (Å²) >= 11 is 2.67. The van der Waals surface area contributed by atoms with E-state index in [4.69, 9.17) is 4.74 Å². The lowest BCUT2D eigenvalue weighted by atomic mass is 10.2. The Balaban J connectivity index is 1.37. The van der Waals surface area contributed by atoms with Gasteiger partial charge in [0, 0.05) is 13.0 Å². The molecule has 0 atom stereocenters. The van der Waals surface area contributed by atoms with Gasteiger partial charge >= 0.3 is 0 Å². The summed E-state index contributed by atoms with van der Waals surface area (Å²) in [5.74, 6) is 0.945. The lowest BCUT2D eigenvalue weighted by Crippen LogP contribution is -2.30. The number of carbonyl (C=O) groups is 2. The van der Waals surface area contributed by atoms with Gasteiger partial charge in [-0.2, -0.15) is 0 Å². The first-order chi connectivity index (χ1) is 13.0. The first-order valence-electron chi connectivity index (χ1n) is 8.75. The lowest BCUT2D eigenvalue weighted by Gasteiger charge is -2.15. The fraction of sp³-hybridized carbons (Fsp3) is 0.444. The molecule has 1 fully saturated rings. The summed E-state index contributed by atoms with van der Waals surface area (Å²) in [7, 11) is 0. The monoisotopic (exact) mass is 406 g/mol. The van der Waals surface area contributed by atoms with E-state index in [-0.39, 0.29) is 23.6 Å². The highest BCUT2D eigenvalue weighted by Gasteiger charge is 2.34. The predicted molar refractivity (Wildman–Crippen MR) is 106 cm³/mol. The van der Waals surface area contributed by atoms with Crippen molar-refractivity contribution >= 4 is 40.0 Å². The van der Waals surface area contributed by atoms with Crippen LogP contribution >= 0.6 is 23.1 Å². The van der Waals surface area contributed by atoms with Gasteiger partial charge in [-0.15, -0.1) is 10.2 Å². The quantitative estimate of drug-likeness (QED) is 0.392. The Kier molecular flexibility index (Phi) is 6.68. The van der Waals surface area contributed by atoms with E-state index in [1.807, 2.05) is 31.2 Å². The van der Waals surface area contributed by atoms with Gasteiger partial charge in [-0.05, 0) is 37.5 Å². The van der Waals surface area contributed by atoms with Crippen LogP contribution in [0.25, 0.3) is 0 Å². The molecule has 1 N–H and O–H groups in total. The van der Waals surface area contributed by atoms with Gasteiger partial charge in [0.2, 0.25) is 16.9 Å². The Hall–Kier alpha value is -2.13. The topological polar surface area (TPSA) is 84.4 Å². The van der Waals surface area contributed by atoms with Crippen molar-refractivity contribution in [1.82, 2.24) is 15.5 Å². The number of thioether (sulfide) groups is 1. The first-order valence-corrected chi connectivity index (χ1v) is 10.6. The first kappa shape index (κ1) is 19.6. The molecule has 1 aliphatic rings. The molecule has 0 radical (unpaired) electrons. The zero-order valence-electron chi connectivity index (χ0n) is 15.3. The van der Waals surface area contributed by atoms with E-state index in [9.17, 15) is 9.59 Å². The second-order valence-electron chi connectivity index (χ2n) is 6.27. The molecule has 1 aromatic heterocycles. The van der Waals surface area contributed by atoms with Gasteiger partial charge in [-0.3, -0.25) is 14.5 Å². The minimum atomic E-state index is -0.0878. The Bertz CT molecular complexity index is 807. The van der Waals surface area contributed by atoms with E-state index in [0.29, 0.717) is 22.6 Å². The maximum absolute atomic E-state index is 12.0. The van der Waals surface area contributed by atoms with E-state index in [0.717, 1.165) is 24.2 Å². The van der Waals surface area contributed by atoms with Gasteiger partial charge < -0.3 is 10.1 Å². The molecule has 1 heterocycles. The van der Waals surface area contributed by atoms with Gasteiger partial charge in [-0.1, -0.05) is 35.2 Å². The number of hydrogen-bond donors (Lipinski definition) is 1. The van der Waals surface area contributed by atoms with Crippen molar-refractivity contribution in [1.29, 1.82) is 0 Å². The van der Waals surface area contributed by atoms with Crippen LogP contribution in [0.15, 0.2) is 28.6 Å². The molecule has 9 heteroatoms. The number of rotatable bonds is 9. The maximum atomic E-state index is 12.0. The molecule has 0 spiro atoms. The molecule has 2 aromatic rings. The number of ether oxygens (including phenoxy) is 1. The second kappa shape index (κ2) is 9.18. The largest absolute Gasteiger partial charge is 0.492 e. The molecule has 27 heavy (non-hydrogen) atoms. The van der Waals surface area contributed by atoms with Gasteiger partial charge in [0.05, 0.1) is 12.3 Å². The Morgan fingerprint density at radius 3 is 2.89 bits per heavy atom. The van der Waals surface area contributed by atoms with Gasteiger partial charge in [0.25, 0.3) is 0 Å². The molecule has 0 aliphatic heterocycles. The summed E-state index contributed by atoms with van der Waals surface area (Å²) in [4.78, 5) is 25.4. The third-order valence-corrected chi connectivity index (χ3v) is 5.92. The average molecular weight is 407 g/mol. The van der Waals surface area contributed by atoms with Crippen molar-refractivity contribution in [2.75, 3.05) is 23.8 Å². The molecule has 2 amide bonds. The highest BCUT2D eigenvalue weighted by molar-refractivity contribution is 8.01. The number of carbonyl (C=O) groups excluding carboxylic acids is 2. The Labute approximate surface area is 166 Å². The number of hydrogen-bond acceptors (Lipinski definition) is 7. The fourth-order valence-corrected chi connectivity index (χ4v) is 4.27. The summed E-state index contributed by atoms with van der Waals surface area (Å²) in [6, 6.07) is 8.04. The normalized spacial score (nSPS) is 13.3. The van der Waals surface area contributed by atoms with Crippen molar-refractivity contribution in [2.45, 2.75) is 37.1 Å². The second-order valence-corrected chi connectivity index (χ2v) is 8.45. The van der Waals surface area contributed by atoms with Crippen LogP contribution in [0.2, 0.25) is 0 Å². The van der Waals surface area contributed by atoms with Crippen molar-refractivity contribution in [2.24, 2.45) is 0 Å². The molecule has 7 nitrogen and oxygen atoms in total. The van der Waals surface area contributed by atoms with E-state index in [2.05, 4.69) is 15.5 Å². The summed E-state index contributed by atoms with van der Waals surface area (Å²) in [5.41, 5.74) is 1.13. The van der Waals surface area contributed by atoms with Crippen molar-refractivity contribution in [3.8, 4) is 5.75 Å². The van der Waals surface area contributed by atoms with Crippen LogP contribution in [-0.2, 0) is 9.59 Å². The number of benzene rings is 1. The van der Waals surface area contributed by atoms with E-state index in [1.165, 1.54) is 23.1 Å². The summed E-state index contributed by atoms with van der Waals surface area (Å²) < 4.78 is 6.28. The summed E-state index contributed by atoms with van der Waals surface area (Å²) in [6.07, 6.45) is 2.02. The molecular weight excluding hydrogens is 384 g/mol. The molecule has 144 valence electrons. The number of nitrogens with one attached hydrogen (secondary N) is 1. The zero-order chi connectivity index (χ0) is 19.2. The van der Waals surface area contributed by atoms with Crippen LogP contribution in [0, 0.1) is 6.92 Å². The summed E-state index contributed by atoms with van der Waals surface area (Å²) in [6.45, 7) is 4.40. The van der Waals surface area contributed by atoms with Gasteiger partial charge in [0.1, 0.15) is 12.4 Å². The molecule has 0 saturated heterocycles. The van der Waals surface area contributed by atoms with E-state index in [1.54, 1.807) is 11.8 Å². The lowest BCUT2D eigenvalue weighted by molar-refractivity contribution is -0.118. The highest BCUT2D eigenvalue weighted by Crippen LogP contribution is 2.35. The van der Waals surface area contributed by atoms with Gasteiger partial charge in [-0.25, -0.2) is 0 Å². The Morgan fingerprint density at radius 2 is 2.19 bits per heavy atom. The fourth-order valence-electron chi connectivity index (χ4n) is 2.48. The number of amides is 2. The SMILES string of the molecule is CC(=O)N(c1nnc(SCC(=O)NCCOc2cccc(C)c2)s1)C1CC1. The van der Waals surface area contributed by atoms with Crippen LogP contribution in [0.5, 0.6) is 5.75 Å². The number of nitrogens with zero attached hydrogens (tertiary/aromatic N) is 3. The highest BCUT2D eigenvalue weighted by atomic mass is 32.2. The van der Waals surface area contributed by atoms with Gasteiger partial charge in [0.15, 0.2) is 4.34 Å². The molecule has 1 aromatic carbocycles. The average Bonchev–Trinajstić information content (AvgIpc) is 3.34. The Morgan fingerprint density at radius 1 is 1.37 bits per heavy atom. The minimum absolute atomic E-state index is 0.0171. The maximum Gasteiger partial charge on any atom is 0.230 e. The summed E-state index contributed by atoms with van der Waals surface area (Å²) in [5, 5.41) is 11.6. The third-order valence-electron chi connectivity index (χ3n) is 3.86. The standard InChI is InChI=1S/C18H22N4O3S2/c1-12-4-3-5-15(10-12)25-9-8-19-16(24)11-26-18-21-20-17(27-18)22(13(2)23)14-6-7-14/h3-5,10,14H,6-9,11H2,1-2H3,(H,19,24). The van der Waals surface area contributed by atoms with Crippen molar-refractivity contribution in [3.05, 3.63) is 29.8 Å². The molecule has 1 aliphatic carbocycles. The minimum Gasteiger partial charge on any atom is -0.492 e.